The van der Waals surface area contributed by atoms with Gasteiger partial charge in [0.2, 0.25) is 0 Å². The van der Waals surface area contributed by atoms with Crippen molar-refractivity contribution in [3.05, 3.63) is 42.6 Å². The zero-order chi connectivity index (χ0) is 17.5. The van der Waals surface area contributed by atoms with Gasteiger partial charge in [0.05, 0.1) is 6.61 Å². The largest absolute Gasteiger partial charge is 0.381 e. The van der Waals surface area contributed by atoms with E-state index in [1.165, 1.54) is 0 Å². The van der Waals surface area contributed by atoms with Crippen LogP contribution in [0.15, 0.2) is 37.1 Å². The molecule has 25 heavy (non-hydrogen) atoms. The number of rotatable bonds is 6. The number of nitrogens with one attached hydrogen (secondary N) is 1. The predicted octanol–water partition coefficient (Wildman–Crippen LogP) is 2.23. The van der Waals surface area contributed by atoms with Gasteiger partial charge in [0, 0.05) is 56.3 Å². The van der Waals surface area contributed by atoms with Crippen molar-refractivity contribution in [2.75, 3.05) is 26.3 Å². The molecule has 1 aliphatic rings. The fraction of sp³-hybridized carbons (Fsp3) is 0.500. The van der Waals surface area contributed by atoms with Crippen molar-refractivity contribution in [1.29, 1.82) is 0 Å². The van der Waals surface area contributed by atoms with Gasteiger partial charge in [0.15, 0.2) is 0 Å². The Bertz CT molecular complexity index is 674. The zero-order valence-corrected chi connectivity index (χ0v) is 14.6. The van der Waals surface area contributed by atoms with Crippen LogP contribution in [-0.4, -0.2) is 51.8 Å². The second-order valence-electron chi connectivity index (χ2n) is 6.23. The summed E-state index contributed by atoms with van der Waals surface area (Å²) < 4.78 is 7.36. The number of pyridine rings is 1. The number of aromatic nitrogens is 3. The van der Waals surface area contributed by atoms with Gasteiger partial charge in [-0.15, -0.1) is 0 Å². The van der Waals surface area contributed by atoms with Gasteiger partial charge < -0.3 is 15.0 Å². The summed E-state index contributed by atoms with van der Waals surface area (Å²) >= 11 is 0. The molecule has 2 aromatic rings. The topological polar surface area (TPSA) is 72.3 Å². The van der Waals surface area contributed by atoms with Crippen LogP contribution in [0.2, 0.25) is 0 Å². The molecule has 2 aromatic heterocycles. The van der Waals surface area contributed by atoms with Crippen LogP contribution in [0.5, 0.6) is 0 Å². The minimum atomic E-state index is -0.0263. The highest BCUT2D eigenvalue weighted by atomic mass is 16.5. The molecule has 0 aliphatic carbocycles. The van der Waals surface area contributed by atoms with Gasteiger partial charge in [0.25, 0.3) is 0 Å². The van der Waals surface area contributed by atoms with Crippen LogP contribution >= 0.6 is 0 Å². The molecule has 0 radical (unpaired) electrons. The first-order chi connectivity index (χ1) is 12.3. The summed E-state index contributed by atoms with van der Waals surface area (Å²) in [5.74, 6) is 1.22. The first-order valence-electron chi connectivity index (χ1n) is 8.80. The molecule has 0 bridgehead atoms. The van der Waals surface area contributed by atoms with Crippen LogP contribution in [-0.2, 0) is 11.3 Å². The highest BCUT2D eigenvalue weighted by Gasteiger charge is 2.23. The van der Waals surface area contributed by atoms with E-state index in [2.05, 4.69) is 15.3 Å². The number of hydrogen-bond acceptors (Lipinski definition) is 4. The van der Waals surface area contributed by atoms with Crippen molar-refractivity contribution in [2.45, 2.75) is 26.3 Å². The summed E-state index contributed by atoms with van der Waals surface area (Å²) in [6, 6.07) is 3.82. The molecule has 2 amide bonds. The number of amides is 2. The van der Waals surface area contributed by atoms with Crippen molar-refractivity contribution >= 4 is 6.03 Å². The third kappa shape index (κ3) is 4.57. The lowest BCUT2D eigenvalue weighted by molar-refractivity contribution is 0.0756. The molecule has 7 heteroatoms. The van der Waals surface area contributed by atoms with Gasteiger partial charge in [-0.2, -0.15) is 0 Å². The second-order valence-corrected chi connectivity index (χ2v) is 6.23. The Balaban J connectivity index is 1.58. The molecule has 3 heterocycles. The number of nitrogens with zero attached hydrogens (tertiary/aromatic N) is 4. The molecule has 1 fully saturated rings. The highest BCUT2D eigenvalue weighted by molar-refractivity contribution is 5.74. The number of urea groups is 1. The van der Waals surface area contributed by atoms with Gasteiger partial charge in [0.1, 0.15) is 12.1 Å². The molecule has 1 N–H and O–H groups in total. The van der Waals surface area contributed by atoms with E-state index >= 15 is 0 Å². The van der Waals surface area contributed by atoms with Gasteiger partial charge in [-0.1, -0.05) is 6.07 Å². The summed E-state index contributed by atoms with van der Waals surface area (Å²) in [5.41, 5.74) is 0.955. The van der Waals surface area contributed by atoms with Crippen LogP contribution < -0.4 is 5.32 Å². The molecule has 7 nitrogen and oxygen atoms in total. The Kier molecular flexibility index (Phi) is 6.00. The normalized spacial score (nSPS) is 17.5. The second kappa shape index (κ2) is 8.62. The van der Waals surface area contributed by atoms with Gasteiger partial charge in [-0.3, -0.25) is 4.57 Å². The Hall–Kier alpha value is -2.41. The fourth-order valence-corrected chi connectivity index (χ4v) is 3.14. The maximum Gasteiger partial charge on any atom is 0.317 e. The van der Waals surface area contributed by atoms with Gasteiger partial charge >= 0.3 is 6.03 Å². The third-order valence-electron chi connectivity index (χ3n) is 4.41. The average molecular weight is 343 g/mol. The Morgan fingerprint density at radius 2 is 2.36 bits per heavy atom. The van der Waals surface area contributed by atoms with E-state index in [-0.39, 0.29) is 6.03 Å². The first-order valence-corrected chi connectivity index (χ1v) is 8.80. The van der Waals surface area contributed by atoms with E-state index in [1.54, 1.807) is 18.7 Å². The molecule has 134 valence electrons. The maximum atomic E-state index is 12.5. The van der Waals surface area contributed by atoms with Crippen LogP contribution in [0.4, 0.5) is 4.79 Å². The van der Waals surface area contributed by atoms with Crippen LogP contribution in [0.25, 0.3) is 5.82 Å². The van der Waals surface area contributed by atoms with Gasteiger partial charge in [-0.25, -0.2) is 14.8 Å². The minimum absolute atomic E-state index is 0.0263. The monoisotopic (exact) mass is 343 g/mol. The average Bonchev–Trinajstić information content (AvgIpc) is 3.19. The lowest BCUT2D eigenvalue weighted by Crippen LogP contribution is -2.46. The number of imidazole rings is 1. The molecule has 1 unspecified atom stereocenters. The highest BCUT2D eigenvalue weighted by Crippen LogP contribution is 2.17. The van der Waals surface area contributed by atoms with Crippen molar-refractivity contribution in [1.82, 2.24) is 24.8 Å². The molecular formula is C18H25N5O2. The molecule has 0 aromatic carbocycles. The SMILES string of the molecule is CCOCC1CCCN(C(=O)NCc2cccnc2-n2ccnc2)C1. The summed E-state index contributed by atoms with van der Waals surface area (Å²) in [6.07, 6.45) is 9.15. The Morgan fingerprint density at radius 3 is 3.16 bits per heavy atom. The lowest BCUT2D eigenvalue weighted by atomic mass is 9.99. The number of carbonyl (C=O) groups is 1. The predicted molar refractivity (Wildman–Crippen MR) is 94.4 cm³/mol. The number of ether oxygens (including phenoxy) is 1. The summed E-state index contributed by atoms with van der Waals surface area (Å²) in [4.78, 5) is 22.9. The van der Waals surface area contributed by atoms with Crippen LogP contribution in [0.3, 0.4) is 0 Å². The van der Waals surface area contributed by atoms with Crippen LogP contribution in [0, 0.1) is 5.92 Å². The fourth-order valence-electron chi connectivity index (χ4n) is 3.14. The molecular weight excluding hydrogens is 318 g/mol. The minimum Gasteiger partial charge on any atom is -0.381 e. The molecule has 3 rings (SSSR count). The number of likely N-dealkylation sites (tertiary alicyclic amines) is 1. The summed E-state index contributed by atoms with van der Waals surface area (Å²) in [7, 11) is 0. The van der Waals surface area contributed by atoms with Crippen molar-refractivity contribution in [3.8, 4) is 5.82 Å². The smallest absolute Gasteiger partial charge is 0.317 e. The van der Waals surface area contributed by atoms with E-state index in [0.717, 1.165) is 50.5 Å². The summed E-state index contributed by atoms with van der Waals surface area (Å²) in [6.45, 7) is 5.45. The van der Waals surface area contributed by atoms with Crippen molar-refractivity contribution in [3.63, 3.8) is 0 Å². The zero-order valence-electron chi connectivity index (χ0n) is 14.6. The van der Waals surface area contributed by atoms with E-state index in [0.29, 0.717) is 12.5 Å². The number of carbonyl (C=O) groups excluding carboxylic acids is 1. The molecule has 0 saturated carbocycles. The summed E-state index contributed by atoms with van der Waals surface area (Å²) in [5, 5.41) is 3.02. The van der Waals surface area contributed by atoms with Crippen molar-refractivity contribution < 1.29 is 9.53 Å². The lowest BCUT2D eigenvalue weighted by Gasteiger charge is -2.32. The number of piperidine rings is 1. The standard InChI is InChI=1S/C18H25N5O2/c1-2-25-13-15-5-4-9-22(12-15)18(24)21-11-16-6-3-7-20-17(16)23-10-8-19-14-23/h3,6-8,10,14-15H,2,4-5,9,11-13H2,1H3,(H,21,24). The molecule has 1 aliphatic heterocycles. The molecule has 1 atom stereocenters. The van der Waals surface area contributed by atoms with E-state index in [4.69, 9.17) is 4.74 Å². The van der Waals surface area contributed by atoms with Crippen molar-refractivity contribution in [2.24, 2.45) is 5.92 Å². The third-order valence-corrected chi connectivity index (χ3v) is 4.41. The molecule has 0 spiro atoms. The Morgan fingerprint density at radius 1 is 1.44 bits per heavy atom. The van der Waals surface area contributed by atoms with Gasteiger partial charge in [-0.05, 0) is 25.8 Å². The first kappa shape index (κ1) is 17.4. The quantitative estimate of drug-likeness (QED) is 0.873. The van der Waals surface area contributed by atoms with Crippen LogP contribution in [0.1, 0.15) is 25.3 Å². The van der Waals surface area contributed by atoms with E-state index < -0.39 is 0 Å². The van der Waals surface area contributed by atoms with E-state index in [9.17, 15) is 4.79 Å². The maximum absolute atomic E-state index is 12.5. The number of hydrogen-bond donors (Lipinski definition) is 1. The molecule has 1 saturated heterocycles. The van der Waals surface area contributed by atoms with E-state index in [1.807, 2.05) is 34.7 Å². The Labute approximate surface area is 148 Å².